The van der Waals surface area contributed by atoms with Gasteiger partial charge in [-0.25, -0.2) is 4.98 Å². The van der Waals surface area contributed by atoms with Crippen molar-refractivity contribution in [2.24, 2.45) is 0 Å². The summed E-state index contributed by atoms with van der Waals surface area (Å²) in [5, 5.41) is 0.740. The molecule has 0 fully saturated rings. The number of aromatic amines is 1. The molecular weight excluding hydrogens is 292 g/mol. The lowest BCUT2D eigenvalue weighted by Crippen LogP contribution is -2.01. The van der Waals surface area contributed by atoms with Crippen molar-refractivity contribution in [2.75, 3.05) is 0 Å². The van der Waals surface area contributed by atoms with Crippen LogP contribution >= 0.6 is 23.8 Å². The first kappa shape index (κ1) is 13.4. The number of fused-ring (bicyclic) bond motifs is 1. The molecule has 0 unspecified atom stereocenters. The number of para-hydroxylation sites is 1. The number of rotatable bonds is 5. The molecule has 20 heavy (non-hydrogen) atoms. The Bertz CT molecular complexity index is 757. The van der Waals surface area contributed by atoms with Crippen molar-refractivity contribution in [1.29, 1.82) is 0 Å². The first-order valence-electron chi connectivity index (χ1n) is 6.58. The number of hydrogen-bond acceptors (Lipinski definition) is 2. The van der Waals surface area contributed by atoms with Gasteiger partial charge >= 0.3 is 0 Å². The van der Waals surface area contributed by atoms with Crippen molar-refractivity contribution in [2.45, 2.75) is 25.9 Å². The summed E-state index contributed by atoms with van der Waals surface area (Å²) in [5.74, 6) is 0. The van der Waals surface area contributed by atoms with Crippen molar-refractivity contribution in [3.63, 3.8) is 0 Å². The average Bonchev–Trinajstić information content (AvgIpc) is 3.03. The summed E-state index contributed by atoms with van der Waals surface area (Å²) in [6.45, 7) is 1.85. The SMILES string of the molecule is S=c1[nH]c2cccc(Cl)c2n1CCCCn1ccnc1. The summed E-state index contributed by atoms with van der Waals surface area (Å²) in [6, 6.07) is 5.83. The van der Waals surface area contributed by atoms with Gasteiger partial charge in [-0.15, -0.1) is 0 Å². The van der Waals surface area contributed by atoms with Crippen LogP contribution in [0, 0.1) is 4.77 Å². The molecule has 0 bridgehead atoms. The predicted octanol–water partition coefficient (Wildman–Crippen LogP) is 4.03. The number of unbranched alkanes of at least 4 members (excludes halogenated alkanes) is 1. The van der Waals surface area contributed by atoms with Gasteiger partial charge in [0, 0.05) is 25.5 Å². The average molecular weight is 307 g/mol. The van der Waals surface area contributed by atoms with Crippen LogP contribution in [0.1, 0.15) is 12.8 Å². The molecule has 0 saturated heterocycles. The summed E-state index contributed by atoms with van der Waals surface area (Å²) in [5.41, 5.74) is 2.00. The van der Waals surface area contributed by atoms with Gasteiger partial charge in [-0.2, -0.15) is 0 Å². The lowest BCUT2D eigenvalue weighted by atomic mass is 10.3. The summed E-state index contributed by atoms with van der Waals surface area (Å²) in [7, 11) is 0. The summed E-state index contributed by atoms with van der Waals surface area (Å²) >= 11 is 11.6. The molecule has 104 valence electrons. The van der Waals surface area contributed by atoms with E-state index in [0.29, 0.717) is 0 Å². The van der Waals surface area contributed by atoms with Crippen molar-refractivity contribution in [3.05, 3.63) is 46.7 Å². The van der Waals surface area contributed by atoms with E-state index in [2.05, 4.69) is 19.1 Å². The van der Waals surface area contributed by atoms with Crippen LogP contribution in [-0.4, -0.2) is 19.1 Å². The molecule has 0 atom stereocenters. The van der Waals surface area contributed by atoms with E-state index in [1.807, 2.05) is 30.7 Å². The fourth-order valence-electron chi connectivity index (χ4n) is 2.37. The van der Waals surface area contributed by atoms with Crippen LogP contribution in [0.25, 0.3) is 11.0 Å². The Labute approximate surface area is 127 Å². The highest BCUT2D eigenvalue weighted by Crippen LogP contribution is 2.23. The molecule has 0 aliphatic carbocycles. The van der Waals surface area contributed by atoms with Crippen molar-refractivity contribution in [1.82, 2.24) is 19.1 Å². The van der Waals surface area contributed by atoms with Crippen LogP contribution < -0.4 is 0 Å². The third-order valence-electron chi connectivity index (χ3n) is 3.35. The second-order valence-corrected chi connectivity index (χ2v) is 5.52. The van der Waals surface area contributed by atoms with Crippen LogP contribution in [0.5, 0.6) is 0 Å². The lowest BCUT2D eigenvalue weighted by molar-refractivity contribution is 0.556. The molecular formula is C14H15ClN4S. The minimum absolute atomic E-state index is 0.732. The van der Waals surface area contributed by atoms with E-state index in [9.17, 15) is 0 Å². The van der Waals surface area contributed by atoms with Gasteiger partial charge in [-0.3, -0.25) is 0 Å². The molecule has 0 radical (unpaired) electrons. The minimum atomic E-state index is 0.732. The summed E-state index contributed by atoms with van der Waals surface area (Å²) < 4.78 is 4.90. The third-order valence-corrected chi connectivity index (χ3v) is 3.98. The molecule has 0 spiro atoms. The molecule has 6 heteroatoms. The van der Waals surface area contributed by atoms with Gasteiger partial charge in [0.15, 0.2) is 4.77 Å². The molecule has 2 aromatic heterocycles. The maximum Gasteiger partial charge on any atom is 0.178 e. The van der Waals surface area contributed by atoms with Crippen molar-refractivity contribution in [3.8, 4) is 0 Å². The number of halogens is 1. The lowest BCUT2D eigenvalue weighted by Gasteiger charge is -2.06. The standard InChI is InChI=1S/C14H15ClN4S/c15-11-4-3-5-12-13(11)19(14(20)17-12)8-2-1-7-18-9-6-16-10-18/h3-6,9-10H,1-2,7-8H2,(H,17,20). The number of nitrogens with one attached hydrogen (secondary N) is 1. The highest BCUT2D eigenvalue weighted by molar-refractivity contribution is 7.71. The zero-order chi connectivity index (χ0) is 13.9. The molecule has 4 nitrogen and oxygen atoms in total. The largest absolute Gasteiger partial charge is 0.337 e. The van der Waals surface area contributed by atoms with E-state index in [-0.39, 0.29) is 0 Å². The number of imidazole rings is 2. The monoisotopic (exact) mass is 306 g/mol. The van der Waals surface area contributed by atoms with Crippen LogP contribution in [0.3, 0.4) is 0 Å². The van der Waals surface area contributed by atoms with Gasteiger partial charge in [-0.05, 0) is 37.2 Å². The number of nitrogens with zero attached hydrogens (tertiary/aromatic N) is 3. The van der Waals surface area contributed by atoms with Crippen LogP contribution in [0.2, 0.25) is 5.02 Å². The predicted molar refractivity (Wildman–Crippen MR) is 83.6 cm³/mol. The Kier molecular flexibility index (Phi) is 3.89. The Morgan fingerprint density at radius 2 is 2.10 bits per heavy atom. The Hall–Kier alpha value is -1.59. The van der Waals surface area contributed by atoms with Crippen molar-refractivity contribution < 1.29 is 0 Å². The topological polar surface area (TPSA) is 38.5 Å². The fraction of sp³-hybridized carbons (Fsp3) is 0.286. The molecule has 0 aliphatic heterocycles. The zero-order valence-electron chi connectivity index (χ0n) is 10.9. The van der Waals surface area contributed by atoms with Crippen LogP contribution in [-0.2, 0) is 13.1 Å². The molecule has 0 aliphatic rings. The zero-order valence-corrected chi connectivity index (χ0v) is 12.5. The molecule has 3 rings (SSSR count). The van der Waals surface area contributed by atoms with Crippen LogP contribution in [0.15, 0.2) is 36.9 Å². The Morgan fingerprint density at radius 1 is 1.25 bits per heavy atom. The molecule has 1 N–H and O–H groups in total. The third kappa shape index (κ3) is 2.64. The second-order valence-electron chi connectivity index (χ2n) is 4.73. The fourth-order valence-corrected chi connectivity index (χ4v) is 2.94. The number of H-pyrrole nitrogens is 1. The van der Waals surface area contributed by atoms with E-state index in [1.165, 1.54) is 0 Å². The molecule has 3 aromatic rings. The highest BCUT2D eigenvalue weighted by Gasteiger charge is 2.07. The minimum Gasteiger partial charge on any atom is -0.337 e. The van der Waals surface area contributed by atoms with E-state index in [1.54, 1.807) is 6.20 Å². The maximum atomic E-state index is 6.27. The number of aromatic nitrogens is 4. The number of hydrogen-bond donors (Lipinski definition) is 1. The summed E-state index contributed by atoms with van der Waals surface area (Å²) in [6.07, 6.45) is 7.75. The van der Waals surface area contributed by atoms with Gasteiger partial charge in [0.2, 0.25) is 0 Å². The Morgan fingerprint density at radius 3 is 2.90 bits per heavy atom. The number of benzene rings is 1. The second kappa shape index (κ2) is 5.81. The first-order chi connectivity index (χ1) is 9.75. The normalized spacial score (nSPS) is 11.2. The van der Waals surface area contributed by atoms with E-state index in [0.717, 1.165) is 46.8 Å². The summed E-state index contributed by atoms with van der Waals surface area (Å²) in [4.78, 5) is 7.24. The van der Waals surface area contributed by atoms with Gasteiger partial charge in [0.25, 0.3) is 0 Å². The van der Waals surface area contributed by atoms with Gasteiger partial charge in [0.05, 0.1) is 22.4 Å². The van der Waals surface area contributed by atoms with Gasteiger partial charge in [-0.1, -0.05) is 17.7 Å². The van der Waals surface area contributed by atoms with Crippen molar-refractivity contribution >= 4 is 34.9 Å². The van der Waals surface area contributed by atoms with Gasteiger partial charge < -0.3 is 14.1 Å². The van der Waals surface area contributed by atoms with Gasteiger partial charge in [0.1, 0.15) is 0 Å². The van der Waals surface area contributed by atoms with Crippen LogP contribution in [0.4, 0.5) is 0 Å². The molecule has 2 heterocycles. The molecule has 1 aromatic carbocycles. The maximum absolute atomic E-state index is 6.27. The molecule has 0 amide bonds. The molecule has 0 saturated carbocycles. The van der Waals surface area contributed by atoms with E-state index >= 15 is 0 Å². The quantitative estimate of drug-likeness (QED) is 0.571. The van der Waals surface area contributed by atoms with E-state index in [4.69, 9.17) is 23.8 Å². The number of aryl methyl sites for hydroxylation is 2. The highest BCUT2D eigenvalue weighted by atomic mass is 35.5. The smallest absolute Gasteiger partial charge is 0.178 e. The van der Waals surface area contributed by atoms with E-state index < -0.39 is 0 Å². The Balaban J connectivity index is 1.71. The first-order valence-corrected chi connectivity index (χ1v) is 7.37.